The summed E-state index contributed by atoms with van der Waals surface area (Å²) in [5.74, 6) is 0.659. The number of hydrogen-bond acceptors (Lipinski definition) is 4. The van der Waals surface area contributed by atoms with Gasteiger partial charge >= 0.3 is 0 Å². The highest BCUT2D eigenvalue weighted by atomic mass is 16.3. The summed E-state index contributed by atoms with van der Waals surface area (Å²) in [6.07, 6.45) is 2.85. The Hall–Kier alpha value is -7.30. The van der Waals surface area contributed by atoms with Crippen molar-refractivity contribution in [3.8, 4) is 22.3 Å². The van der Waals surface area contributed by atoms with Crippen molar-refractivity contribution in [1.29, 1.82) is 0 Å². The molecule has 0 spiro atoms. The van der Waals surface area contributed by atoms with Crippen LogP contribution in [0.1, 0.15) is 23.1 Å². The highest BCUT2D eigenvalue weighted by Crippen LogP contribution is 2.38. The van der Waals surface area contributed by atoms with Crippen LogP contribution in [0, 0.1) is 0 Å². The topological polar surface area (TPSA) is 51.0 Å². The maximum Gasteiger partial charge on any atom is 0.160 e. The Labute approximate surface area is 317 Å². The van der Waals surface area contributed by atoms with Gasteiger partial charge in [0.25, 0.3) is 0 Å². The first-order valence-corrected chi connectivity index (χ1v) is 18.6. The van der Waals surface area contributed by atoms with Crippen molar-refractivity contribution in [3.63, 3.8) is 0 Å². The predicted octanol–water partition coefficient (Wildman–Crippen LogP) is 13.7. The number of fused-ring (bicyclic) bond motifs is 7. The zero-order chi connectivity index (χ0) is 36.3. The van der Waals surface area contributed by atoms with Gasteiger partial charge in [0.05, 0.1) is 11.4 Å². The Balaban J connectivity index is 1.04. The van der Waals surface area contributed by atoms with Crippen LogP contribution in [0.4, 0.5) is 0 Å². The molecule has 1 aliphatic rings. The fourth-order valence-corrected chi connectivity index (χ4v) is 7.97. The Bertz CT molecular complexity index is 3220. The fourth-order valence-electron chi connectivity index (χ4n) is 7.97. The second-order valence-corrected chi connectivity index (χ2v) is 14.1. The van der Waals surface area contributed by atoms with E-state index in [1.165, 1.54) is 21.9 Å². The summed E-state index contributed by atoms with van der Waals surface area (Å²) in [4.78, 5) is 10.7. The van der Waals surface area contributed by atoms with E-state index in [1.807, 2.05) is 36.4 Å². The second-order valence-electron chi connectivity index (χ2n) is 14.1. The molecule has 0 aliphatic carbocycles. The van der Waals surface area contributed by atoms with Crippen LogP contribution in [0.25, 0.3) is 82.6 Å². The van der Waals surface area contributed by atoms with Crippen molar-refractivity contribution >= 4 is 71.9 Å². The zero-order valence-corrected chi connectivity index (χ0v) is 29.7. The summed E-state index contributed by atoms with van der Waals surface area (Å²) >= 11 is 0. The number of rotatable bonds is 5. The monoisotopic (exact) mass is 704 g/mol. The van der Waals surface area contributed by atoms with Gasteiger partial charge in [-0.1, -0.05) is 140 Å². The van der Waals surface area contributed by atoms with Gasteiger partial charge in [0.1, 0.15) is 22.3 Å². The first kappa shape index (κ1) is 31.2. The number of hydrogen-bond donors (Lipinski definition) is 0. The van der Waals surface area contributed by atoms with Gasteiger partial charge < -0.3 is 8.83 Å². The van der Waals surface area contributed by atoms with Crippen molar-refractivity contribution in [2.75, 3.05) is 0 Å². The van der Waals surface area contributed by atoms with E-state index in [0.717, 1.165) is 83.1 Å². The number of para-hydroxylation sites is 1. The maximum atomic E-state index is 6.60. The third-order valence-electron chi connectivity index (χ3n) is 10.8. The summed E-state index contributed by atoms with van der Waals surface area (Å²) in [5.41, 5.74) is 12.8. The number of nitrogens with zero attached hydrogens (tertiary/aromatic N) is 2. The molecule has 258 valence electrons. The minimum Gasteiger partial charge on any atom is -0.456 e. The van der Waals surface area contributed by atoms with E-state index in [4.69, 9.17) is 18.8 Å². The molecular weight excluding hydrogens is 673 g/mol. The van der Waals surface area contributed by atoms with Gasteiger partial charge in [0, 0.05) is 33.5 Å². The highest BCUT2D eigenvalue weighted by Gasteiger charge is 2.20. The molecule has 1 aliphatic heterocycles. The molecule has 8 aromatic carbocycles. The predicted molar refractivity (Wildman–Crippen MR) is 228 cm³/mol. The zero-order valence-electron chi connectivity index (χ0n) is 29.7. The molecule has 0 unspecified atom stereocenters. The van der Waals surface area contributed by atoms with Gasteiger partial charge in [-0.15, -0.1) is 0 Å². The number of aliphatic imine (C=N–C) groups is 2. The largest absolute Gasteiger partial charge is 0.456 e. The lowest BCUT2D eigenvalue weighted by molar-refractivity contribution is 0.668. The summed E-state index contributed by atoms with van der Waals surface area (Å²) < 4.78 is 12.8. The molecule has 2 aromatic heterocycles. The van der Waals surface area contributed by atoms with E-state index in [2.05, 4.69) is 146 Å². The number of amidine groups is 1. The van der Waals surface area contributed by atoms with Crippen molar-refractivity contribution in [2.45, 2.75) is 6.42 Å². The standard InChI is InChI=1S/C51H32N2O2/c1-2-9-32(10-3-1)34-17-20-35(21-18-34)44-27-28-45(39-22-19-33-11-4-5-12-36(33)29-39)53-51(52-44)43-14-8-16-47-50(43)42-26-24-38(31-49(42)55-47)37-23-25-41-40-13-6-7-15-46(40)54-48(41)30-37/h1-27,29-31H,28H2. The Morgan fingerprint density at radius 1 is 0.382 bits per heavy atom. The first-order valence-electron chi connectivity index (χ1n) is 18.6. The van der Waals surface area contributed by atoms with Gasteiger partial charge in [0.2, 0.25) is 0 Å². The molecule has 0 N–H and O–H groups in total. The van der Waals surface area contributed by atoms with Crippen LogP contribution >= 0.6 is 0 Å². The lowest BCUT2D eigenvalue weighted by Gasteiger charge is -2.08. The minimum absolute atomic E-state index is 0.641. The summed E-state index contributed by atoms with van der Waals surface area (Å²) in [6.45, 7) is 0. The van der Waals surface area contributed by atoms with Crippen LogP contribution < -0.4 is 0 Å². The first-order chi connectivity index (χ1) is 27.2. The van der Waals surface area contributed by atoms with Gasteiger partial charge in [-0.2, -0.15) is 0 Å². The van der Waals surface area contributed by atoms with E-state index >= 15 is 0 Å². The number of allylic oxidation sites excluding steroid dienone is 1. The second kappa shape index (κ2) is 12.7. The van der Waals surface area contributed by atoms with E-state index < -0.39 is 0 Å². The van der Waals surface area contributed by atoms with Gasteiger partial charge in [-0.05, 0) is 86.6 Å². The quantitative estimate of drug-likeness (QED) is 0.179. The van der Waals surface area contributed by atoms with Crippen molar-refractivity contribution in [1.82, 2.24) is 0 Å². The van der Waals surface area contributed by atoms with Crippen molar-refractivity contribution in [3.05, 3.63) is 199 Å². The van der Waals surface area contributed by atoms with E-state index in [1.54, 1.807) is 0 Å². The molecule has 10 aromatic rings. The molecule has 11 rings (SSSR count). The van der Waals surface area contributed by atoms with E-state index in [0.29, 0.717) is 12.3 Å². The SMILES string of the molecule is C1=C(c2ccc(-c3ccccc3)cc2)N=C(c2cccc3oc4cc(-c5ccc6c(c5)oc5ccccc56)ccc4c23)N=C(c2ccc3ccccc3c2)C1. The van der Waals surface area contributed by atoms with E-state index in [9.17, 15) is 0 Å². The van der Waals surface area contributed by atoms with Crippen LogP contribution in [0.15, 0.2) is 201 Å². The van der Waals surface area contributed by atoms with Crippen LogP contribution in [0.2, 0.25) is 0 Å². The van der Waals surface area contributed by atoms with Crippen molar-refractivity contribution < 1.29 is 8.83 Å². The normalized spacial score (nSPS) is 13.3. The Morgan fingerprint density at radius 2 is 1.00 bits per heavy atom. The van der Waals surface area contributed by atoms with Crippen molar-refractivity contribution in [2.24, 2.45) is 9.98 Å². The van der Waals surface area contributed by atoms with Crippen LogP contribution in [0.3, 0.4) is 0 Å². The van der Waals surface area contributed by atoms with Gasteiger partial charge in [-0.3, -0.25) is 0 Å². The third kappa shape index (κ3) is 5.46. The van der Waals surface area contributed by atoms with E-state index in [-0.39, 0.29) is 0 Å². The fraction of sp³-hybridized carbons (Fsp3) is 0.0196. The lowest BCUT2D eigenvalue weighted by atomic mass is 10.00. The molecule has 55 heavy (non-hydrogen) atoms. The maximum absolute atomic E-state index is 6.60. The molecule has 0 saturated heterocycles. The third-order valence-corrected chi connectivity index (χ3v) is 10.8. The summed E-state index contributed by atoms with van der Waals surface area (Å²) in [5, 5.41) is 6.64. The Morgan fingerprint density at radius 3 is 1.85 bits per heavy atom. The minimum atomic E-state index is 0.641. The smallest absolute Gasteiger partial charge is 0.160 e. The number of benzene rings is 8. The molecule has 3 heterocycles. The molecular formula is C51H32N2O2. The molecule has 4 nitrogen and oxygen atoms in total. The van der Waals surface area contributed by atoms with Crippen LogP contribution in [0.5, 0.6) is 0 Å². The molecule has 0 bridgehead atoms. The van der Waals surface area contributed by atoms with Gasteiger partial charge in [-0.25, -0.2) is 9.98 Å². The summed E-state index contributed by atoms with van der Waals surface area (Å²) in [7, 11) is 0. The highest BCUT2D eigenvalue weighted by molar-refractivity contribution is 6.23. The molecule has 0 atom stereocenters. The number of furan rings is 2. The average molecular weight is 705 g/mol. The molecule has 0 saturated carbocycles. The molecule has 0 fully saturated rings. The molecule has 4 heteroatoms. The lowest BCUT2D eigenvalue weighted by Crippen LogP contribution is -2.05. The average Bonchev–Trinajstić information content (AvgIpc) is 3.73. The van der Waals surface area contributed by atoms with Crippen LogP contribution in [-0.4, -0.2) is 11.5 Å². The van der Waals surface area contributed by atoms with Crippen LogP contribution in [-0.2, 0) is 0 Å². The Kier molecular flexibility index (Phi) is 7.20. The molecule has 0 radical (unpaired) electrons. The van der Waals surface area contributed by atoms with Gasteiger partial charge in [0.15, 0.2) is 5.84 Å². The molecule has 0 amide bonds. The summed E-state index contributed by atoms with van der Waals surface area (Å²) in [6, 6.07) is 61.4.